The molecule has 0 fully saturated rings. The SMILES string of the molecule is CCCCC(SC)c1ccc(Cl)cc1. The van der Waals surface area contributed by atoms with E-state index in [2.05, 4.69) is 25.3 Å². The molecule has 0 bridgehead atoms. The van der Waals surface area contributed by atoms with Gasteiger partial charge in [0.25, 0.3) is 0 Å². The number of halogens is 1. The van der Waals surface area contributed by atoms with Crippen LogP contribution in [0.25, 0.3) is 0 Å². The van der Waals surface area contributed by atoms with Crippen LogP contribution in [0.1, 0.15) is 37.0 Å². The molecule has 0 nitrogen and oxygen atoms in total. The topological polar surface area (TPSA) is 0 Å². The minimum Gasteiger partial charge on any atom is -0.157 e. The lowest BCUT2D eigenvalue weighted by molar-refractivity contribution is 0.707. The molecular weight excluding hydrogens is 212 g/mol. The maximum Gasteiger partial charge on any atom is 0.0406 e. The van der Waals surface area contributed by atoms with Gasteiger partial charge in [-0.2, -0.15) is 11.8 Å². The van der Waals surface area contributed by atoms with Gasteiger partial charge in [-0.25, -0.2) is 0 Å². The van der Waals surface area contributed by atoms with Gasteiger partial charge in [0.15, 0.2) is 0 Å². The van der Waals surface area contributed by atoms with E-state index < -0.39 is 0 Å². The van der Waals surface area contributed by atoms with Crippen molar-refractivity contribution >= 4 is 23.4 Å². The molecule has 0 aliphatic heterocycles. The minimum atomic E-state index is 0.632. The van der Waals surface area contributed by atoms with Gasteiger partial charge in [0.2, 0.25) is 0 Å². The van der Waals surface area contributed by atoms with Crippen molar-refractivity contribution in [2.75, 3.05) is 6.26 Å². The van der Waals surface area contributed by atoms with E-state index >= 15 is 0 Å². The Bertz CT molecular complexity index is 256. The summed E-state index contributed by atoms with van der Waals surface area (Å²) < 4.78 is 0. The summed E-state index contributed by atoms with van der Waals surface area (Å²) in [4.78, 5) is 0. The third-order valence-corrected chi connectivity index (χ3v) is 3.68. The molecule has 0 aliphatic rings. The first-order chi connectivity index (χ1) is 6.77. The molecule has 1 atom stereocenters. The van der Waals surface area contributed by atoms with Crippen LogP contribution >= 0.6 is 23.4 Å². The molecule has 0 aliphatic carbocycles. The number of thioether (sulfide) groups is 1. The van der Waals surface area contributed by atoms with Gasteiger partial charge in [0.05, 0.1) is 0 Å². The fourth-order valence-electron chi connectivity index (χ4n) is 1.49. The van der Waals surface area contributed by atoms with Gasteiger partial charge in [0, 0.05) is 10.3 Å². The number of unbranched alkanes of at least 4 members (excludes halogenated alkanes) is 1. The molecule has 0 radical (unpaired) electrons. The molecule has 0 saturated carbocycles. The molecule has 1 rings (SSSR count). The molecule has 0 aromatic heterocycles. The number of hydrogen-bond acceptors (Lipinski definition) is 1. The molecule has 0 amide bonds. The predicted octanol–water partition coefficient (Wildman–Crippen LogP) is 4.93. The van der Waals surface area contributed by atoms with E-state index in [0.29, 0.717) is 5.25 Å². The summed E-state index contributed by atoms with van der Waals surface area (Å²) in [5, 5.41) is 1.45. The van der Waals surface area contributed by atoms with Gasteiger partial charge in [-0.15, -0.1) is 0 Å². The lowest BCUT2D eigenvalue weighted by Gasteiger charge is -2.14. The van der Waals surface area contributed by atoms with Gasteiger partial charge in [-0.05, 0) is 30.4 Å². The minimum absolute atomic E-state index is 0.632. The molecule has 78 valence electrons. The molecule has 1 unspecified atom stereocenters. The monoisotopic (exact) mass is 228 g/mol. The summed E-state index contributed by atoms with van der Waals surface area (Å²) in [5.74, 6) is 0. The maximum absolute atomic E-state index is 5.86. The van der Waals surface area contributed by atoms with E-state index in [1.165, 1.54) is 24.8 Å². The van der Waals surface area contributed by atoms with Crippen molar-refractivity contribution in [3.63, 3.8) is 0 Å². The maximum atomic E-state index is 5.86. The molecule has 0 saturated heterocycles. The van der Waals surface area contributed by atoms with Crippen molar-refractivity contribution in [3.8, 4) is 0 Å². The van der Waals surface area contributed by atoms with Gasteiger partial charge in [-0.3, -0.25) is 0 Å². The molecule has 2 heteroatoms. The molecule has 0 heterocycles. The first-order valence-corrected chi connectivity index (χ1v) is 6.72. The van der Waals surface area contributed by atoms with Gasteiger partial charge in [0.1, 0.15) is 0 Å². The van der Waals surface area contributed by atoms with Crippen molar-refractivity contribution < 1.29 is 0 Å². The molecule has 1 aromatic carbocycles. The zero-order valence-electron chi connectivity index (χ0n) is 8.79. The van der Waals surface area contributed by atoms with Crippen LogP contribution < -0.4 is 0 Å². The van der Waals surface area contributed by atoms with Crippen LogP contribution in [0.15, 0.2) is 24.3 Å². The van der Waals surface area contributed by atoms with Gasteiger partial charge in [-0.1, -0.05) is 43.5 Å². The third kappa shape index (κ3) is 3.55. The number of rotatable bonds is 5. The lowest BCUT2D eigenvalue weighted by Crippen LogP contribution is -1.93. The summed E-state index contributed by atoms with van der Waals surface area (Å²) >= 11 is 7.78. The van der Waals surface area contributed by atoms with Crippen molar-refractivity contribution in [2.24, 2.45) is 0 Å². The van der Waals surface area contributed by atoms with E-state index in [1.807, 2.05) is 23.9 Å². The number of benzene rings is 1. The summed E-state index contributed by atoms with van der Waals surface area (Å²) in [6, 6.07) is 8.23. The van der Waals surface area contributed by atoms with Crippen molar-refractivity contribution in [1.82, 2.24) is 0 Å². The highest BCUT2D eigenvalue weighted by Gasteiger charge is 2.08. The standard InChI is InChI=1S/C12H17ClS/c1-3-4-5-12(14-2)10-6-8-11(13)9-7-10/h6-9,12H,3-5H2,1-2H3. The zero-order valence-corrected chi connectivity index (χ0v) is 10.4. The highest BCUT2D eigenvalue weighted by atomic mass is 35.5. The fraction of sp³-hybridized carbons (Fsp3) is 0.500. The average Bonchev–Trinajstić information content (AvgIpc) is 2.21. The molecule has 1 aromatic rings. The Balaban J connectivity index is 2.64. The smallest absolute Gasteiger partial charge is 0.0406 e. The first-order valence-electron chi connectivity index (χ1n) is 5.06. The van der Waals surface area contributed by atoms with Crippen LogP contribution in [0.3, 0.4) is 0 Å². The average molecular weight is 229 g/mol. The molecular formula is C12H17ClS. The normalized spacial score (nSPS) is 12.8. The quantitative estimate of drug-likeness (QED) is 0.688. The van der Waals surface area contributed by atoms with Crippen molar-refractivity contribution in [2.45, 2.75) is 31.4 Å². The summed E-state index contributed by atoms with van der Waals surface area (Å²) in [5.41, 5.74) is 1.40. The van der Waals surface area contributed by atoms with Gasteiger partial charge < -0.3 is 0 Å². The van der Waals surface area contributed by atoms with E-state index in [-0.39, 0.29) is 0 Å². The Morgan fingerprint density at radius 3 is 2.43 bits per heavy atom. The van der Waals surface area contributed by atoms with E-state index in [9.17, 15) is 0 Å². The van der Waals surface area contributed by atoms with Crippen LogP contribution in [0.5, 0.6) is 0 Å². The second kappa shape index (κ2) is 6.36. The highest BCUT2D eigenvalue weighted by molar-refractivity contribution is 7.98. The van der Waals surface area contributed by atoms with Crippen molar-refractivity contribution in [3.05, 3.63) is 34.9 Å². The van der Waals surface area contributed by atoms with E-state index in [4.69, 9.17) is 11.6 Å². The second-order valence-corrected chi connectivity index (χ2v) is 4.89. The largest absolute Gasteiger partial charge is 0.157 e. The van der Waals surface area contributed by atoms with Crippen LogP contribution in [0, 0.1) is 0 Å². The first kappa shape index (κ1) is 11.9. The van der Waals surface area contributed by atoms with E-state index in [0.717, 1.165) is 5.02 Å². The molecule has 14 heavy (non-hydrogen) atoms. The van der Waals surface area contributed by atoms with Crippen molar-refractivity contribution in [1.29, 1.82) is 0 Å². The summed E-state index contributed by atoms with van der Waals surface area (Å²) in [6.07, 6.45) is 6.01. The Kier molecular flexibility index (Phi) is 5.42. The summed E-state index contributed by atoms with van der Waals surface area (Å²) in [7, 11) is 0. The second-order valence-electron chi connectivity index (χ2n) is 3.42. The lowest BCUT2D eigenvalue weighted by atomic mass is 10.1. The third-order valence-electron chi connectivity index (χ3n) is 2.35. The van der Waals surface area contributed by atoms with Gasteiger partial charge >= 0.3 is 0 Å². The van der Waals surface area contributed by atoms with Crippen LogP contribution in [-0.4, -0.2) is 6.26 Å². The Hall–Kier alpha value is -0.140. The zero-order chi connectivity index (χ0) is 10.4. The fourth-order valence-corrected chi connectivity index (χ4v) is 2.45. The Morgan fingerprint density at radius 1 is 1.29 bits per heavy atom. The van der Waals surface area contributed by atoms with Crippen LogP contribution in [-0.2, 0) is 0 Å². The van der Waals surface area contributed by atoms with E-state index in [1.54, 1.807) is 0 Å². The van der Waals surface area contributed by atoms with Crippen LogP contribution in [0.4, 0.5) is 0 Å². The Labute approximate surface area is 96.0 Å². The summed E-state index contributed by atoms with van der Waals surface area (Å²) in [6.45, 7) is 2.24. The molecule has 0 N–H and O–H groups in total. The highest BCUT2D eigenvalue weighted by Crippen LogP contribution is 2.32. The number of hydrogen-bond donors (Lipinski definition) is 0. The molecule has 0 spiro atoms. The predicted molar refractivity (Wildman–Crippen MR) is 67.2 cm³/mol. The Morgan fingerprint density at radius 2 is 1.93 bits per heavy atom. The van der Waals surface area contributed by atoms with Crippen LogP contribution in [0.2, 0.25) is 5.02 Å².